The van der Waals surface area contributed by atoms with E-state index in [1.165, 1.54) is 11.3 Å². The van der Waals surface area contributed by atoms with Crippen molar-refractivity contribution < 1.29 is 14.3 Å². The van der Waals surface area contributed by atoms with E-state index < -0.39 is 11.9 Å². The topological polar surface area (TPSA) is 111 Å². The molecule has 0 radical (unpaired) electrons. The summed E-state index contributed by atoms with van der Waals surface area (Å²) in [5.41, 5.74) is 8.02. The third kappa shape index (κ3) is 4.92. The number of esters is 1. The SMILES string of the molecule is CCOC(=O)c1c(NC(=S)Nc2cn(CC)nc2C(N)=O)sc(C)c1-c1ccccc1. The first-order chi connectivity index (χ1) is 14.8. The number of carbonyl (C=O) groups excluding carboxylic acids is 2. The molecule has 2 aromatic heterocycles. The van der Waals surface area contributed by atoms with Gasteiger partial charge in [0.1, 0.15) is 10.6 Å². The van der Waals surface area contributed by atoms with Crippen LogP contribution in [0.4, 0.5) is 10.7 Å². The highest BCUT2D eigenvalue weighted by Crippen LogP contribution is 2.40. The van der Waals surface area contributed by atoms with Crippen LogP contribution in [0.3, 0.4) is 0 Å². The molecule has 8 nitrogen and oxygen atoms in total. The third-order valence-electron chi connectivity index (χ3n) is 4.42. The van der Waals surface area contributed by atoms with Gasteiger partial charge in [0, 0.05) is 23.2 Å². The quantitative estimate of drug-likeness (QED) is 0.363. The number of nitrogens with two attached hydrogens (primary N) is 1. The Morgan fingerprint density at radius 2 is 1.94 bits per heavy atom. The van der Waals surface area contributed by atoms with Crippen molar-refractivity contribution >= 4 is 51.2 Å². The van der Waals surface area contributed by atoms with Crippen LogP contribution in [-0.2, 0) is 11.3 Å². The fraction of sp³-hybridized carbons (Fsp3) is 0.238. The van der Waals surface area contributed by atoms with E-state index in [0.29, 0.717) is 22.8 Å². The number of hydrogen-bond acceptors (Lipinski definition) is 6. The maximum absolute atomic E-state index is 12.8. The minimum Gasteiger partial charge on any atom is -0.462 e. The van der Waals surface area contributed by atoms with Crippen LogP contribution in [0.5, 0.6) is 0 Å². The zero-order valence-corrected chi connectivity index (χ0v) is 19.0. The third-order valence-corrected chi connectivity index (χ3v) is 5.65. The fourth-order valence-corrected chi connectivity index (χ4v) is 4.44. The molecular weight excluding hydrogens is 434 g/mol. The number of benzene rings is 1. The highest BCUT2D eigenvalue weighted by Gasteiger charge is 2.25. The molecule has 3 rings (SSSR count). The van der Waals surface area contributed by atoms with Crippen molar-refractivity contribution in [3.8, 4) is 11.1 Å². The van der Waals surface area contributed by atoms with Gasteiger partial charge in [-0.1, -0.05) is 30.3 Å². The van der Waals surface area contributed by atoms with Gasteiger partial charge in [0.25, 0.3) is 5.91 Å². The zero-order valence-electron chi connectivity index (χ0n) is 17.4. The van der Waals surface area contributed by atoms with Gasteiger partial charge in [-0.3, -0.25) is 9.48 Å². The standard InChI is InChI=1S/C21H23N5O3S2/c1-4-26-11-14(17(25-26)18(22)27)23-21(30)24-19-16(20(28)29-5-2)15(12(3)31-19)13-9-7-6-8-10-13/h6-11H,4-5H2,1-3H3,(H2,22,27)(H2,23,24,30). The lowest BCUT2D eigenvalue weighted by Gasteiger charge is -2.11. The Kier molecular flexibility index (Phi) is 7.03. The van der Waals surface area contributed by atoms with Crippen molar-refractivity contribution in [3.63, 3.8) is 0 Å². The maximum atomic E-state index is 12.8. The molecule has 2 heterocycles. The largest absolute Gasteiger partial charge is 0.462 e. The first-order valence-electron chi connectivity index (χ1n) is 9.66. The fourth-order valence-electron chi connectivity index (χ4n) is 3.10. The summed E-state index contributed by atoms with van der Waals surface area (Å²) in [4.78, 5) is 25.4. The van der Waals surface area contributed by atoms with Gasteiger partial charge in [0.05, 0.1) is 12.3 Å². The molecule has 0 aliphatic rings. The molecule has 162 valence electrons. The molecule has 0 unspecified atom stereocenters. The van der Waals surface area contributed by atoms with Gasteiger partial charge in [0.2, 0.25) is 0 Å². The summed E-state index contributed by atoms with van der Waals surface area (Å²) >= 11 is 6.83. The Bertz CT molecular complexity index is 1120. The summed E-state index contributed by atoms with van der Waals surface area (Å²) in [7, 11) is 0. The van der Waals surface area contributed by atoms with E-state index in [4.69, 9.17) is 22.7 Å². The van der Waals surface area contributed by atoms with Crippen LogP contribution in [0, 0.1) is 6.92 Å². The molecule has 1 amide bonds. The molecule has 0 aliphatic heterocycles. The van der Waals surface area contributed by atoms with Gasteiger partial charge in [-0.25, -0.2) is 4.79 Å². The van der Waals surface area contributed by atoms with Crippen LogP contribution in [0.1, 0.15) is 39.6 Å². The van der Waals surface area contributed by atoms with E-state index in [-0.39, 0.29) is 17.4 Å². The first kappa shape index (κ1) is 22.4. The number of thiocarbonyl (C=S) groups is 1. The van der Waals surface area contributed by atoms with Crippen LogP contribution in [0.15, 0.2) is 36.5 Å². The highest BCUT2D eigenvalue weighted by molar-refractivity contribution is 7.80. The predicted octanol–water partition coefficient (Wildman–Crippen LogP) is 4.02. The van der Waals surface area contributed by atoms with Crippen molar-refractivity contribution in [3.05, 3.63) is 52.7 Å². The van der Waals surface area contributed by atoms with Crippen LogP contribution in [-0.4, -0.2) is 33.4 Å². The molecule has 1 aromatic carbocycles. The Morgan fingerprint density at radius 1 is 1.23 bits per heavy atom. The Labute approximate surface area is 189 Å². The molecule has 3 aromatic rings. The molecule has 0 saturated heterocycles. The number of nitrogens with zero attached hydrogens (tertiary/aromatic N) is 2. The summed E-state index contributed by atoms with van der Waals surface area (Å²) in [6, 6.07) is 9.63. The second-order valence-corrected chi connectivity index (χ2v) is 8.15. The van der Waals surface area contributed by atoms with Crippen molar-refractivity contribution in [1.29, 1.82) is 0 Å². The molecule has 0 atom stereocenters. The monoisotopic (exact) mass is 457 g/mol. The van der Waals surface area contributed by atoms with Gasteiger partial charge < -0.3 is 21.1 Å². The first-order valence-corrected chi connectivity index (χ1v) is 10.9. The average molecular weight is 458 g/mol. The van der Waals surface area contributed by atoms with Gasteiger partial charge in [-0.05, 0) is 38.6 Å². The minimum atomic E-state index is -0.664. The highest BCUT2D eigenvalue weighted by atomic mass is 32.1. The summed E-state index contributed by atoms with van der Waals surface area (Å²) in [6.07, 6.45) is 1.65. The number of aromatic nitrogens is 2. The molecule has 10 heteroatoms. The number of ether oxygens (including phenoxy) is 1. The number of primary amides is 1. The number of hydrogen-bond donors (Lipinski definition) is 3. The molecule has 0 saturated carbocycles. The van der Waals surface area contributed by atoms with E-state index in [2.05, 4.69) is 15.7 Å². The van der Waals surface area contributed by atoms with Crippen molar-refractivity contribution in [1.82, 2.24) is 9.78 Å². The Balaban J connectivity index is 1.94. The molecule has 4 N–H and O–H groups in total. The number of carbonyl (C=O) groups is 2. The maximum Gasteiger partial charge on any atom is 0.341 e. The van der Waals surface area contributed by atoms with Crippen LogP contribution in [0.2, 0.25) is 0 Å². The lowest BCUT2D eigenvalue weighted by Crippen LogP contribution is -2.22. The van der Waals surface area contributed by atoms with Gasteiger partial charge in [-0.15, -0.1) is 11.3 Å². The summed E-state index contributed by atoms with van der Waals surface area (Å²) in [5, 5.41) is 10.9. The molecule has 0 spiro atoms. The Hall–Kier alpha value is -3.24. The van der Waals surface area contributed by atoms with Crippen LogP contribution >= 0.6 is 23.6 Å². The van der Waals surface area contributed by atoms with Crippen molar-refractivity contribution in [2.24, 2.45) is 5.73 Å². The number of rotatable bonds is 7. The lowest BCUT2D eigenvalue weighted by molar-refractivity contribution is 0.0529. The lowest BCUT2D eigenvalue weighted by atomic mass is 10.0. The van der Waals surface area contributed by atoms with E-state index in [0.717, 1.165) is 16.0 Å². The summed E-state index contributed by atoms with van der Waals surface area (Å²) in [6.45, 7) is 6.41. The average Bonchev–Trinajstić information content (AvgIpc) is 3.29. The summed E-state index contributed by atoms with van der Waals surface area (Å²) in [5.74, 6) is -1.10. The zero-order chi connectivity index (χ0) is 22.5. The molecule has 0 bridgehead atoms. The van der Waals surface area contributed by atoms with E-state index in [1.54, 1.807) is 17.8 Å². The van der Waals surface area contributed by atoms with Crippen LogP contribution in [0.25, 0.3) is 11.1 Å². The molecule has 0 fully saturated rings. The molecule has 0 aliphatic carbocycles. The second-order valence-electron chi connectivity index (χ2n) is 6.51. The van der Waals surface area contributed by atoms with Crippen LogP contribution < -0.4 is 16.4 Å². The number of thiophene rings is 1. The minimum absolute atomic E-state index is 0.0870. The van der Waals surface area contributed by atoms with Gasteiger partial charge in [0.15, 0.2) is 10.8 Å². The van der Waals surface area contributed by atoms with Crippen molar-refractivity contribution in [2.45, 2.75) is 27.3 Å². The predicted molar refractivity (Wildman–Crippen MR) is 127 cm³/mol. The van der Waals surface area contributed by atoms with Crippen molar-refractivity contribution in [2.75, 3.05) is 17.2 Å². The number of anilines is 2. The number of aryl methyl sites for hydroxylation is 2. The molecular formula is C21H23N5O3S2. The van der Waals surface area contributed by atoms with E-state index in [9.17, 15) is 9.59 Å². The van der Waals surface area contributed by atoms with Gasteiger partial charge >= 0.3 is 5.97 Å². The summed E-state index contributed by atoms with van der Waals surface area (Å²) < 4.78 is 6.88. The van der Waals surface area contributed by atoms with E-state index in [1.807, 2.05) is 44.2 Å². The number of amides is 1. The molecule has 31 heavy (non-hydrogen) atoms. The smallest absolute Gasteiger partial charge is 0.341 e. The Morgan fingerprint density at radius 3 is 2.55 bits per heavy atom. The van der Waals surface area contributed by atoms with Gasteiger partial charge in [-0.2, -0.15) is 5.10 Å². The normalized spacial score (nSPS) is 10.5. The second kappa shape index (κ2) is 9.71. The van der Waals surface area contributed by atoms with E-state index >= 15 is 0 Å². The number of nitrogens with one attached hydrogen (secondary N) is 2.